The van der Waals surface area contributed by atoms with Gasteiger partial charge >= 0.3 is 0 Å². The second-order valence-corrected chi connectivity index (χ2v) is 6.07. The molecule has 0 radical (unpaired) electrons. The molecule has 19 heavy (non-hydrogen) atoms. The predicted molar refractivity (Wildman–Crippen MR) is 80.5 cm³/mol. The van der Waals surface area contributed by atoms with Crippen molar-refractivity contribution in [3.8, 4) is 0 Å². The lowest BCUT2D eigenvalue weighted by atomic mass is 10.0. The summed E-state index contributed by atoms with van der Waals surface area (Å²) in [6, 6.07) is 10.5. The van der Waals surface area contributed by atoms with Crippen LogP contribution >= 0.6 is 0 Å². The maximum absolute atomic E-state index is 3.58. The van der Waals surface area contributed by atoms with Gasteiger partial charge in [0.2, 0.25) is 0 Å². The summed E-state index contributed by atoms with van der Waals surface area (Å²) in [5.41, 5.74) is 3.16. The molecule has 104 valence electrons. The largest absolute Gasteiger partial charge is 0.315 e. The Bertz CT molecular complexity index is 384. The maximum atomic E-state index is 3.58. The van der Waals surface area contributed by atoms with Gasteiger partial charge in [-0.1, -0.05) is 31.2 Å². The Balaban J connectivity index is 1.71. The predicted octanol–water partition coefficient (Wildman–Crippen LogP) is 2.62. The molecule has 0 amide bonds. The van der Waals surface area contributed by atoms with Crippen molar-refractivity contribution >= 4 is 0 Å². The highest BCUT2D eigenvalue weighted by Gasteiger charge is 2.31. The van der Waals surface area contributed by atoms with Gasteiger partial charge in [-0.15, -0.1) is 0 Å². The third kappa shape index (κ3) is 2.85. The zero-order chi connectivity index (χ0) is 13.1. The molecule has 1 fully saturated rings. The van der Waals surface area contributed by atoms with Crippen LogP contribution in [0.3, 0.4) is 0 Å². The minimum atomic E-state index is 0.738. The van der Waals surface area contributed by atoms with Gasteiger partial charge in [-0.3, -0.25) is 4.90 Å². The number of fused-ring (bicyclic) bond motifs is 1. The summed E-state index contributed by atoms with van der Waals surface area (Å²) >= 11 is 0. The molecule has 2 heteroatoms. The first-order chi connectivity index (χ1) is 9.38. The molecule has 2 aliphatic rings. The van der Waals surface area contributed by atoms with E-state index in [1.807, 2.05) is 0 Å². The number of nitrogens with zero attached hydrogens (tertiary/aromatic N) is 1. The van der Waals surface area contributed by atoms with E-state index in [1.165, 1.54) is 51.7 Å². The van der Waals surface area contributed by atoms with Crippen LogP contribution in [-0.4, -0.2) is 36.6 Å². The third-order valence-electron chi connectivity index (χ3n) is 4.72. The molecule has 1 aliphatic carbocycles. The van der Waals surface area contributed by atoms with Gasteiger partial charge in [0.25, 0.3) is 0 Å². The van der Waals surface area contributed by atoms with Crippen molar-refractivity contribution < 1.29 is 0 Å². The van der Waals surface area contributed by atoms with Crippen molar-refractivity contribution in [1.82, 2.24) is 10.2 Å². The summed E-state index contributed by atoms with van der Waals surface area (Å²) in [5.74, 6) is 0. The Labute approximate surface area is 117 Å². The zero-order valence-corrected chi connectivity index (χ0v) is 12.1. The molecule has 1 aromatic rings. The first-order valence-electron chi connectivity index (χ1n) is 7.91. The van der Waals surface area contributed by atoms with Crippen molar-refractivity contribution in [2.24, 2.45) is 0 Å². The van der Waals surface area contributed by atoms with Crippen LogP contribution in [0.1, 0.15) is 37.3 Å². The molecule has 1 saturated heterocycles. The van der Waals surface area contributed by atoms with E-state index in [1.54, 1.807) is 11.1 Å². The highest BCUT2D eigenvalue weighted by Crippen LogP contribution is 2.28. The Morgan fingerprint density at radius 3 is 2.47 bits per heavy atom. The SMILES string of the molecule is CCCN(C1CCCNC1)C1Cc2ccccc2C1. The van der Waals surface area contributed by atoms with Gasteiger partial charge in [0, 0.05) is 18.6 Å². The number of piperidine rings is 1. The fraction of sp³-hybridized carbons (Fsp3) is 0.647. The quantitative estimate of drug-likeness (QED) is 0.893. The van der Waals surface area contributed by atoms with Crippen molar-refractivity contribution in [2.75, 3.05) is 19.6 Å². The second-order valence-electron chi connectivity index (χ2n) is 6.07. The van der Waals surface area contributed by atoms with E-state index in [2.05, 4.69) is 41.4 Å². The molecule has 0 aromatic heterocycles. The van der Waals surface area contributed by atoms with E-state index in [-0.39, 0.29) is 0 Å². The normalized spacial score (nSPS) is 23.8. The van der Waals surface area contributed by atoms with Crippen molar-refractivity contribution in [2.45, 2.75) is 51.1 Å². The van der Waals surface area contributed by atoms with Crippen LogP contribution in [0.4, 0.5) is 0 Å². The van der Waals surface area contributed by atoms with Crippen LogP contribution < -0.4 is 5.32 Å². The molecular formula is C17H26N2. The molecule has 1 atom stereocenters. The van der Waals surface area contributed by atoms with Gasteiger partial charge in [-0.25, -0.2) is 0 Å². The number of hydrogen-bond donors (Lipinski definition) is 1. The highest BCUT2D eigenvalue weighted by atomic mass is 15.2. The zero-order valence-electron chi connectivity index (χ0n) is 12.1. The van der Waals surface area contributed by atoms with E-state index in [4.69, 9.17) is 0 Å². The van der Waals surface area contributed by atoms with Crippen LogP contribution in [0, 0.1) is 0 Å². The van der Waals surface area contributed by atoms with E-state index < -0.39 is 0 Å². The summed E-state index contributed by atoms with van der Waals surface area (Å²) in [6.07, 6.45) is 6.49. The fourth-order valence-corrected chi connectivity index (χ4v) is 3.81. The minimum absolute atomic E-state index is 0.738. The lowest BCUT2D eigenvalue weighted by molar-refractivity contribution is 0.116. The average Bonchev–Trinajstić information content (AvgIpc) is 2.89. The summed E-state index contributed by atoms with van der Waals surface area (Å²) in [7, 11) is 0. The number of nitrogens with one attached hydrogen (secondary N) is 1. The lowest BCUT2D eigenvalue weighted by Crippen LogP contribution is -2.51. The van der Waals surface area contributed by atoms with Crippen LogP contribution in [0.25, 0.3) is 0 Å². The van der Waals surface area contributed by atoms with Gasteiger partial charge in [0.05, 0.1) is 0 Å². The highest BCUT2D eigenvalue weighted by molar-refractivity contribution is 5.33. The molecule has 1 aromatic carbocycles. The maximum Gasteiger partial charge on any atom is 0.0224 e. The van der Waals surface area contributed by atoms with Gasteiger partial charge in [-0.2, -0.15) is 0 Å². The molecule has 3 rings (SSSR count). The third-order valence-corrected chi connectivity index (χ3v) is 4.72. The second kappa shape index (κ2) is 6.06. The van der Waals surface area contributed by atoms with Gasteiger partial charge in [-0.05, 0) is 56.3 Å². The molecule has 1 unspecified atom stereocenters. The first-order valence-corrected chi connectivity index (χ1v) is 7.91. The average molecular weight is 258 g/mol. The Morgan fingerprint density at radius 2 is 1.89 bits per heavy atom. The standard InChI is InChI=1S/C17H26N2/c1-2-10-19(16-8-5-9-18-13-16)17-11-14-6-3-4-7-15(14)12-17/h3-4,6-7,16-18H,2,5,8-13H2,1H3. The van der Waals surface area contributed by atoms with Crippen molar-refractivity contribution in [1.29, 1.82) is 0 Å². The van der Waals surface area contributed by atoms with E-state index in [0.29, 0.717) is 0 Å². The minimum Gasteiger partial charge on any atom is -0.315 e. The molecule has 1 aliphatic heterocycles. The molecular weight excluding hydrogens is 232 g/mol. The summed E-state index contributed by atoms with van der Waals surface area (Å²) in [5, 5.41) is 3.58. The smallest absolute Gasteiger partial charge is 0.0224 e. The summed E-state index contributed by atoms with van der Waals surface area (Å²) in [4.78, 5) is 2.80. The van der Waals surface area contributed by atoms with Gasteiger partial charge < -0.3 is 5.32 Å². The molecule has 0 bridgehead atoms. The Kier molecular flexibility index (Phi) is 4.19. The van der Waals surface area contributed by atoms with Crippen LogP contribution in [0.2, 0.25) is 0 Å². The van der Waals surface area contributed by atoms with E-state index >= 15 is 0 Å². The van der Waals surface area contributed by atoms with E-state index in [0.717, 1.165) is 12.1 Å². The molecule has 0 spiro atoms. The number of rotatable bonds is 4. The summed E-state index contributed by atoms with van der Waals surface area (Å²) in [6.45, 7) is 5.96. The lowest BCUT2D eigenvalue weighted by Gasteiger charge is -2.38. The number of benzene rings is 1. The molecule has 1 heterocycles. The van der Waals surface area contributed by atoms with Gasteiger partial charge in [0.1, 0.15) is 0 Å². The topological polar surface area (TPSA) is 15.3 Å². The van der Waals surface area contributed by atoms with Crippen LogP contribution in [0.15, 0.2) is 24.3 Å². The Morgan fingerprint density at radius 1 is 1.16 bits per heavy atom. The Hall–Kier alpha value is -0.860. The number of hydrogen-bond acceptors (Lipinski definition) is 2. The van der Waals surface area contributed by atoms with Crippen LogP contribution in [-0.2, 0) is 12.8 Å². The molecule has 1 N–H and O–H groups in total. The van der Waals surface area contributed by atoms with E-state index in [9.17, 15) is 0 Å². The monoisotopic (exact) mass is 258 g/mol. The van der Waals surface area contributed by atoms with Crippen LogP contribution in [0.5, 0.6) is 0 Å². The first kappa shape index (κ1) is 13.1. The molecule has 2 nitrogen and oxygen atoms in total. The van der Waals surface area contributed by atoms with Crippen molar-refractivity contribution in [3.05, 3.63) is 35.4 Å². The summed E-state index contributed by atoms with van der Waals surface area (Å²) < 4.78 is 0. The van der Waals surface area contributed by atoms with Gasteiger partial charge in [0.15, 0.2) is 0 Å². The van der Waals surface area contributed by atoms with Crippen molar-refractivity contribution in [3.63, 3.8) is 0 Å². The fourth-order valence-electron chi connectivity index (χ4n) is 3.81. The molecule has 0 saturated carbocycles.